The summed E-state index contributed by atoms with van der Waals surface area (Å²) in [7, 11) is 0. The lowest BCUT2D eigenvalue weighted by molar-refractivity contribution is 0.0986. The number of nitrogens with one attached hydrogen (secondary N) is 1. The first kappa shape index (κ1) is 26.9. The third-order valence-corrected chi connectivity index (χ3v) is 7.85. The highest BCUT2D eigenvalue weighted by Crippen LogP contribution is 2.36. The molecule has 0 spiro atoms. The van der Waals surface area contributed by atoms with Crippen LogP contribution in [0.2, 0.25) is 0 Å². The SMILES string of the molecule is CCCN(Cc1cc(-c2ccc3nc(C)[nH]c3c2)ccc1C)C(=O)N1CCC(C)CC1c1ccc(F)c(F)c1. The van der Waals surface area contributed by atoms with Gasteiger partial charge in [0.05, 0.1) is 17.1 Å². The number of carbonyl (C=O) groups is 1. The molecule has 1 fully saturated rings. The summed E-state index contributed by atoms with van der Waals surface area (Å²) in [6.45, 7) is 9.91. The molecule has 39 heavy (non-hydrogen) atoms. The number of amides is 2. The smallest absolute Gasteiger partial charge is 0.320 e. The highest BCUT2D eigenvalue weighted by Gasteiger charge is 2.34. The number of hydrogen-bond acceptors (Lipinski definition) is 2. The molecule has 0 aliphatic carbocycles. The fraction of sp³-hybridized carbons (Fsp3) is 0.375. The third-order valence-electron chi connectivity index (χ3n) is 7.85. The van der Waals surface area contributed by atoms with E-state index >= 15 is 0 Å². The van der Waals surface area contributed by atoms with Gasteiger partial charge in [0.15, 0.2) is 11.6 Å². The quantitative estimate of drug-likeness (QED) is 0.275. The summed E-state index contributed by atoms with van der Waals surface area (Å²) < 4.78 is 27.8. The molecule has 5 nitrogen and oxygen atoms in total. The Morgan fingerprint density at radius 1 is 1.05 bits per heavy atom. The molecule has 5 rings (SSSR count). The summed E-state index contributed by atoms with van der Waals surface area (Å²) in [6, 6.07) is 16.3. The Labute approximate surface area is 228 Å². The molecule has 4 aromatic rings. The summed E-state index contributed by atoms with van der Waals surface area (Å²) in [5.41, 5.74) is 6.96. The van der Waals surface area contributed by atoms with Crippen molar-refractivity contribution in [2.45, 2.75) is 59.5 Å². The monoisotopic (exact) mass is 530 g/mol. The zero-order valence-electron chi connectivity index (χ0n) is 23.1. The molecular formula is C32H36F2N4O. The molecule has 0 radical (unpaired) electrons. The molecule has 1 N–H and O–H groups in total. The average Bonchev–Trinajstić information content (AvgIpc) is 3.30. The molecule has 7 heteroatoms. The number of aromatic amines is 1. The number of aryl methyl sites for hydroxylation is 2. The number of likely N-dealkylation sites (tertiary alicyclic amines) is 1. The highest BCUT2D eigenvalue weighted by molar-refractivity contribution is 5.82. The molecule has 1 aliphatic rings. The van der Waals surface area contributed by atoms with E-state index in [4.69, 9.17) is 0 Å². The first-order chi connectivity index (χ1) is 18.7. The van der Waals surface area contributed by atoms with Gasteiger partial charge in [-0.15, -0.1) is 0 Å². The maximum Gasteiger partial charge on any atom is 0.320 e. The van der Waals surface area contributed by atoms with Crippen LogP contribution in [0.15, 0.2) is 54.6 Å². The molecule has 1 aliphatic heterocycles. The van der Waals surface area contributed by atoms with Gasteiger partial charge in [0.2, 0.25) is 0 Å². The zero-order chi connectivity index (χ0) is 27.7. The topological polar surface area (TPSA) is 52.2 Å². The van der Waals surface area contributed by atoms with Crippen LogP contribution in [0.5, 0.6) is 0 Å². The van der Waals surface area contributed by atoms with E-state index < -0.39 is 11.6 Å². The van der Waals surface area contributed by atoms with Gasteiger partial charge < -0.3 is 14.8 Å². The van der Waals surface area contributed by atoms with E-state index in [9.17, 15) is 13.6 Å². The standard InChI is InChI=1S/C32H36F2N4O/c1-5-13-37(32(39)38-14-12-20(2)15-31(38)25-8-10-27(33)28(34)17-25)19-26-16-23(7-6-21(26)3)24-9-11-29-30(18-24)36-22(4)35-29/h6-11,16-18,20,31H,5,12-15,19H2,1-4H3,(H,35,36). The number of fused-ring (bicyclic) bond motifs is 1. The fourth-order valence-electron chi connectivity index (χ4n) is 5.64. The first-order valence-electron chi connectivity index (χ1n) is 13.8. The van der Waals surface area contributed by atoms with Crippen LogP contribution in [0.1, 0.15) is 61.7 Å². The number of carbonyl (C=O) groups excluding carboxylic acids is 1. The van der Waals surface area contributed by atoms with Crippen molar-refractivity contribution in [3.8, 4) is 11.1 Å². The lowest BCUT2D eigenvalue weighted by atomic mass is 9.88. The molecule has 0 saturated carbocycles. The van der Waals surface area contributed by atoms with Gasteiger partial charge in [-0.05, 0) is 97.2 Å². The van der Waals surface area contributed by atoms with E-state index in [-0.39, 0.29) is 12.1 Å². The number of hydrogen-bond donors (Lipinski definition) is 1. The molecular weight excluding hydrogens is 494 g/mol. The van der Waals surface area contributed by atoms with Crippen molar-refractivity contribution < 1.29 is 13.6 Å². The van der Waals surface area contributed by atoms with Crippen molar-refractivity contribution in [2.24, 2.45) is 5.92 Å². The fourth-order valence-corrected chi connectivity index (χ4v) is 5.64. The third kappa shape index (κ3) is 5.68. The number of rotatable bonds is 6. The summed E-state index contributed by atoms with van der Waals surface area (Å²) >= 11 is 0. The van der Waals surface area contributed by atoms with Gasteiger partial charge >= 0.3 is 6.03 Å². The van der Waals surface area contributed by atoms with Crippen LogP contribution < -0.4 is 0 Å². The minimum absolute atomic E-state index is 0.0577. The van der Waals surface area contributed by atoms with Gasteiger partial charge in [0, 0.05) is 19.6 Å². The Hall–Kier alpha value is -3.74. The van der Waals surface area contributed by atoms with Crippen LogP contribution in [-0.4, -0.2) is 38.9 Å². The molecule has 1 saturated heterocycles. The van der Waals surface area contributed by atoms with Crippen molar-refractivity contribution in [1.29, 1.82) is 0 Å². The minimum atomic E-state index is -0.876. The lowest BCUT2D eigenvalue weighted by Crippen LogP contribution is -2.48. The number of benzene rings is 3. The number of urea groups is 1. The lowest BCUT2D eigenvalue weighted by Gasteiger charge is -2.41. The molecule has 204 valence electrons. The maximum absolute atomic E-state index is 14.1. The van der Waals surface area contributed by atoms with Crippen LogP contribution in [0.3, 0.4) is 0 Å². The predicted octanol–water partition coefficient (Wildman–Crippen LogP) is 7.93. The predicted molar refractivity (Wildman–Crippen MR) is 151 cm³/mol. The van der Waals surface area contributed by atoms with Crippen LogP contribution in [0.25, 0.3) is 22.2 Å². The Bertz CT molecular complexity index is 1500. The zero-order valence-corrected chi connectivity index (χ0v) is 23.1. The Kier molecular flexibility index (Phi) is 7.69. The molecule has 2 unspecified atom stereocenters. The molecule has 2 amide bonds. The van der Waals surface area contributed by atoms with Gasteiger partial charge in [0.25, 0.3) is 0 Å². The van der Waals surface area contributed by atoms with Gasteiger partial charge in [0.1, 0.15) is 5.82 Å². The number of nitrogens with zero attached hydrogens (tertiary/aromatic N) is 3. The molecule has 3 aromatic carbocycles. The van der Waals surface area contributed by atoms with E-state index in [1.165, 1.54) is 6.07 Å². The summed E-state index contributed by atoms with van der Waals surface area (Å²) in [6.07, 6.45) is 2.43. The number of halogens is 2. The van der Waals surface area contributed by atoms with Gasteiger partial charge in [-0.2, -0.15) is 0 Å². The largest absolute Gasteiger partial charge is 0.342 e. The second kappa shape index (κ2) is 11.2. The highest BCUT2D eigenvalue weighted by atomic mass is 19.2. The molecule has 2 atom stereocenters. The van der Waals surface area contributed by atoms with Crippen LogP contribution in [-0.2, 0) is 6.54 Å². The Balaban J connectivity index is 1.43. The summed E-state index contributed by atoms with van der Waals surface area (Å²) in [5.74, 6) is -0.472. The van der Waals surface area contributed by atoms with Gasteiger partial charge in [-0.1, -0.05) is 38.1 Å². The average molecular weight is 531 g/mol. The van der Waals surface area contributed by atoms with E-state index in [0.717, 1.165) is 64.4 Å². The van der Waals surface area contributed by atoms with E-state index in [1.54, 1.807) is 6.07 Å². The minimum Gasteiger partial charge on any atom is -0.342 e. The van der Waals surface area contributed by atoms with Gasteiger partial charge in [-0.25, -0.2) is 18.6 Å². The van der Waals surface area contributed by atoms with Crippen LogP contribution in [0, 0.1) is 31.4 Å². The number of imidazole rings is 1. The van der Waals surface area contributed by atoms with Crippen molar-refractivity contribution in [2.75, 3.05) is 13.1 Å². The summed E-state index contributed by atoms with van der Waals surface area (Å²) in [4.78, 5) is 25.6. The number of piperidine rings is 1. The van der Waals surface area contributed by atoms with Crippen molar-refractivity contribution in [3.63, 3.8) is 0 Å². The van der Waals surface area contributed by atoms with Crippen LogP contribution in [0.4, 0.5) is 13.6 Å². The van der Waals surface area contributed by atoms with Crippen molar-refractivity contribution >= 4 is 17.1 Å². The van der Waals surface area contributed by atoms with Crippen LogP contribution >= 0.6 is 0 Å². The molecule has 0 bridgehead atoms. The number of aromatic nitrogens is 2. The molecule has 1 aromatic heterocycles. The van der Waals surface area contributed by atoms with Crippen molar-refractivity contribution in [3.05, 3.63) is 88.7 Å². The number of H-pyrrole nitrogens is 1. The second-order valence-corrected chi connectivity index (χ2v) is 10.9. The maximum atomic E-state index is 14.1. The van der Waals surface area contributed by atoms with Crippen molar-refractivity contribution in [1.82, 2.24) is 19.8 Å². The van der Waals surface area contributed by atoms with Gasteiger partial charge in [-0.3, -0.25) is 0 Å². The van der Waals surface area contributed by atoms with E-state index in [2.05, 4.69) is 61.1 Å². The van der Waals surface area contributed by atoms with E-state index in [1.807, 2.05) is 22.8 Å². The Morgan fingerprint density at radius 2 is 1.82 bits per heavy atom. The molecule has 2 heterocycles. The second-order valence-electron chi connectivity index (χ2n) is 10.9. The summed E-state index contributed by atoms with van der Waals surface area (Å²) in [5, 5.41) is 0. The van der Waals surface area contributed by atoms with E-state index in [0.29, 0.717) is 31.1 Å². The normalized spacial score (nSPS) is 17.5. The first-order valence-corrected chi connectivity index (χ1v) is 13.8. The Morgan fingerprint density at radius 3 is 2.59 bits per heavy atom.